The molecule has 1 aromatic rings. The van der Waals surface area contributed by atoms with Crippen molar-refractivity contribution in [3.05, 3.63) is 11.6 Å². The summed E-state index contributed by atoms with van der Waals surface area (Å²) < 4.78 is 1.99. The number of hydrogen-bond acceptors (Lipinski definition) is 4. The Bertz CT molecular complexity index is 612. The molecule has 0 spiro atoms. The highest BCUT2D eigenvalue weighted by Gasteiger charge is 2.27. The van der Waals surface area contributed by atoms with E-state index < -0.39 is 5.41 Å². The summed E-state index contributed by atoms with van der Waals surface area (Å²) in [6.45, 7) is 7.16. The number of aromatic nitrogens is 3. The Morgan fingerprint density at radius 1 is 1.44 bits per heavy atom. The summed E-state index contributed by atoms with van der Waals surface area (Å²) in [7, 11) is 3.39. The first kappa shape index (κ1) is 21.7. The second-order valence-electron chi connectivity index (χ2n) is 6.75. The molecule has 1 amide bonds. The van der Waals surface area contributed by atoms with E-state index in [0.29, 0.717) is 12.5 Å². The lowest BCUT2D eigenvalue weighted by molar-refractivity contribution is -0.128. The maximum Gasteiger partial charge on any atom is 0.227 e. The van der Waals surface area contributed by atoms with Gasteiger partial charge in [-0.15, -0.1) is 24.0 Å². The van der Waals surface area contributed by atoms with Crippen LogP contribution in [0, 0.1) is 5.41 Å². The van der Waals surface area contributed by atoms with Crippen molar-refractivity contribution in [2.24, 2.45) is 10.4 Å². The molecule has 0 fully saturated rings. The molecule has 0 aliphatic carbocycles. The van der Waals surface area contributed by atoms with Crippen molar-refractivity contribution < 1.29 is 4.79 Å². The fourth-order valence-corrected chi connectivity index (χ4v) is 2.74. The van der Waals surface area contributed by atoms with Gasteiger partial charge in [-0.3, -0.25) is 9.79 Å². The van der Waals surface area contributed by atoms with Crippen LogP contribution in [0.25, 0.3) is 0 Å². The third-order valence-electron chi connectivity index (χ3n) is 4.32. The number of carbonyl (C=O) groups is 1. The SMILES string of the molecule is CCc1nc2n(n1)CC(NC(=NC)NCC(C)(C)C(=O)NC)CC2.I. The van der Waals surface area contributed by atoms with Gasteiger partial charge in [0.2, 0.25) is 5.91 Å². The van der Waals surface area contributed by atoms with Crippen LogP contribution < -0.4 is 16.0 Å². The highest BCUT2D eigenvalue weighted by atomic mass is 127. The van der Waals surface area contributed by atoms with Crippen LogP contribution in [0.15, 0.2) is 4.99 Å². The Balaban J connectivity index is 0.00000312. The van der Waals surface area contributed by atoms with Gasteiger partial charge in [0.15, 0.2) is 11.8 Å². The molecule has 0 saturated heterocycles. The third-order valence-corrected chi connectivity index (χ3v) is 4.32. The van der Waals surface area contributed by atoms with E-state index in [-0.39, 0.29) is 35.9 Å². The maximum atomic E-state index is 11.9. The number of rotatable bonds is 5. The van der Waals surface area contributed by atoms with E-state index in [0.717, 1.165) is 37.5 Å². The standard InChI is InChI=1S/C16H29N7O.HI/c1-6-12-21-13-8-7-11(9-23(13)22-12)20-15(18-5)19-10-16(2,3)14(24)17-4;/h11H,6-10H2,1-5H3,(H,17,24)(H2,18,19,20);1H. The monoisotopic (exact) mass is 463 g/mol. The van der Waals surface area contributed by atoms with Crippen LogP contribution in [0.1, 0.15) is 38.8 Å². The number of fused-ring (bicyclic) bond motifs is 1. The second-order valence-corrected chi connectivity index (χ2v) is 6.75. The first-order valence-corrected chi connectivity index (χ1v) is 8.51. The zero-order valence-corrected chi connectivity index (χ0v) is 18.0. The van der Waals surface area contributed by atoms with E-state index in [1.165, 1.54) is 0 Å². The van der Waals surface area contributed by atoms with Gasteiger partial charge in [-0.1, -0.05) is 6.92 Å². The molecule has 1 aliphatic heterocycles. The summed E-state index contributed by atoms with van der Waals surface area (Å²) >= 11 is 0. The molecule has 1 aliphatic rings. The van der Waals surface area contributed by atoms with Crippen LogP contribution >= 0.6 is 24.0 Å². The van der Waals surface area contributed by atoms with Crippen LogP contribution in [0.2, 0.25) is 0 Å². The van der Waals surface area contributed by atoms with Crippen molar-refractivity contribution in [1.82, 2.24) is 30.7 Å². The molecule has 9 heteroatoms. The molecule has 3 N–H and O–H groups in total. The van der Waals surface area contributed by atoms with Gasteiger partial charge in [-0.2, -0.15) is 5.10 Å². The average molecular weight is 463 g/mol. The summed E-state index contributed by atoms with van der Waals surface area (Å²) in [4.78, 5) is 20.7. The van der Waals surface area contributed by atoms with Crippen molar-refractivity contribution in [2.45, 2.75) is 52.6 Å². The van der Waals surface area contributed by atoms with Crippen molar-refractivity contribution in [2.75, 3.05) is 20.6 Å². The first-order valence-electron chi connectivity index (χ1n) is 8.51. The van der Waals surface area contributed by atoms with E-state index in [1.54, 1.807) is 14.1 Å². The van der Waals surface area contributed by atoms with E-state index in [4.69, 9.17) is 0 Å². The van der Waals surface area contributed by atoms with Gasteiger partial charge in [0.1, 0.15) is 5.82 Å². The molecule has 2 heterocycles. The Kier molecular flexibility index (Phi) is 8.10. The van der Waals surface area contributed by atoms with Crippen molar-refractivity contribution in [3.63, 3.8) is 0 Å². The normalized spacial score (nSPS) is 17.3. The number of halogens is 1. The minimum absolute atomic E-state index is 0. The van der Waals surface area contributed by atoms with Crippen molar-refractivity contribution in [1.29, 1.82) is 0 Å². The van der Waals surface area contributed by atoms with E-state index in [2.05, 4.69) is 37.9 Å². The lowest BCUT2D eigenvalue weighted by Gasteiger charge is -2.28. The van der Waals surface area contributed by atoms with Gasteiger partial charge in [-0.05, 0) is 20.3 Å². The second kappa shape index (κ2) is 9.35. The summed E-state index contributed by atoms with van der Waals surface area (Å²) in [5, 5.41) is 13.9. The Morgan fingerprint density at radius 3 is 2.76 bits per heavy atom. The van der Waals surface area contributed by atoms with Gasteiger partial charge < -0.3 is 16.0 Å². The minimum atomic E-state index is -0.506. The molecule has 142 valence electrons. The van der Waals surface area contributed by atoms with Crippen molar-refractivity contribution >= 4 is 35.8 Å². The quantitative estimate of drug-likeness (QED) is 0.340. The average Bonchev–Trinajstić information content (AvgIpc) is 3.00. The summed E-state index contributed by atoms with van der Waals surface area (Å²) in [5.41, 5.74) is -0.506. The summed E-state index contributed by atoms with van der Waals surface area (Å²) in [6, 6.07) is 0.248. The van der Waals surface area contributed by atoms with Crippen LogP contribution in [0.4, 0.5) is 0 Å². The van der Waals surface area contributed by atoms with E-state index in [9.17, 15) is 4.79 Å². The number of nitrogens with zero attached hydrogens (tertiary/aromatic N) is 4. The fourth-order valence-electron chi connectivity index (χ4n) is 2.74. The van der Waals surface area contributed by atoms with Crippen molar-refractivity contribution in [3.8, 4) is 0 Å². The Morgan fingerprint density at radius 2 is 2.16 bits per heavy atom. The zero-order valence-electron chi connectivity index (χ0n) is 15.7. The van der Waals surface area contributed by atoms with Gasteiger partial charge in [0, 0.05) is 39.5 Å². The predicted octanol–water partition coefficient (Wildman–Crippen LogP) is 0.711. The molecule has 25 heavy (non-hydrogen) atoms. The zero-order chi connectivity index (χ0) is 17.7. The number of nitrogens with one attached hydrogen (secondary N) is 3. The molecular formula is C16H30IN7O. The van der Waals surface area contributed by atoms with Gasteiger partial charge in [-0.25, -0.2) is 9.67 Å². The number of aliphatic imine (C=N–C) groups is 1. The molecule has 0 bridgehead atoms. The number of carbonyl (C=O) groups excluding carboxylic acids is 1. The topological polar surface area (TPSA) is 96.2 Å². The molecule has 1 aromatic heterocycles. The molecular weight excluding hydrogens is 433 g/mol. The maximum absolute atomic E-state index is 11.9. The van der Waals surface area contributed by atoms with Gasteiger partial charge in [0.25, 0.3) is 0 Å². The summed E-state index contributed by atoms with van der Waals surface area (Å²) in [5.74, 6) is 2.67. The van der Waals surface area contributed by atoms with E-state index in [1.807, 2.05) is 18.5 Å². The van der Waals surface area contributed by atoms with Crippen LogP contribution in [-0.4, -0.2) is 53.3 Å². The van der Waals surface area contributed by atoms with Gasteiger partial charge >= 0.3 is 0 Å². The van der Waals surface area contributed by atoms with Gasteiger partial charge in [0.05, 0.1) is 12.0 Å². The lowest BCUT2D eigenvalue weighted by Crippen LogP contribution is -2.51. The number of aryl methyl sites for hydroxylation is 2. The predicted molar refractivity (Wildman–Crippen MR) is 109 cm³/mol. The van der Waals surface area contributed by atoms with E-state index >= 15 is 0 Å². The molecule has 8 nitrogen and oxygen atoms in total. The summed E-state index contributed by atoms with van der Waals surface area (Å²) in [6.07, 6.45) is 2.75. The van der Waals surface area contributed by atoms with Crippen LogP contribution in [0.3, 0.4) is 0 Å². The van der Waals surface area contributed by atoms with Crippen LogP contribution in [0.5, 0.6) is 0 Å². The minimum Gasteiger partial charge on any atom is -0.359 e. The molecule has 0 saturated carbocycles. The lowest BCUT2D eigenvalue weighted by atomic mass is 9.92. The van der Waals surface area contributed by atoms with Crippen LogP contribution in [-0.2, 0) is 24.2 Å². The Hall–Kier alpha value is -1.39. The highest BCUT2D eigenvalue weighted by molar-refractivity contribution is 14.0. The molecule has 2 rings (SSSR count). The molecule has 0 aromatic carbocycles. The third kappa shape index (κ3) is 5.55. The Labute approximate surface area is 166 Å². The molecule has 1 atom stereocenters. The first-order chi connectivity index (χ1) is 11.4. The fraction of sp³-hybridized carbons (Fsp3) is 0.750. The highest BCUT2D eigenvalue weighted by Crippen LogP contribution is 2.14. The number of hydrogen-bond donors (Lipinski definition) is 3. The smallest absolute Gasteiger partial charge is 0.227 e. The number of amides is 1. The number of guanidine groups is 1. The molecule has 0 radical (unpaired) electrons. The largest absolute Gasteiger partial charge is 0.359 e. The molecule has 1 unspecified atom stereocenters.